The molecule has 0 fully saturated rings. The number of nitrogens with one attached hydrogen (secondary N) is 1. The van der Waals surface area contributed by atoms with Crippen LogP contribution in [0, 0.1) is 6.92 Å². The molecule has 0 saturated heterocycles. The second kappa shape index (κ2) is 3.96. The van der Waals surface area contributed by atoms with Gasteiger partial charge in [0.25, 0.3) is 0 Å². The fourth-order valence-electron chi connectivity index (χ4n) is 0.842. The Morgan fingerprint density at radius 1 is 1.45 bits per heavy atom. The highest BCUT2D eigenvalue weighted by molar-refractivity contribution is 5.40. The molecule has 0 radical (unpaired) electrons. The van der Waals surface area contributed by atoms with Gasteiger partial charge in [0.2, 0.25) is 0 Å². The second-order valence-electron chi connectivity index (χ2n) is 2.62. The van der Waals surface area contributed by atoms with Gasteiger partial charge in [0.1, 0.15) is 0 Å². The van der Waals surface area contributed by atoms with Gasteiger partial charge in [-0.2, -0.15) is 0 Å². The molecule has 60 valence electrons. The molecule has 11 heavy (non-hydrogen) atoms. The molecule has 2 heteroatoms. The van der Waals surface area contributed by atoms with Gasteiger partial charge >= 0.3 is 0 Å². The Hall–Kier alpha value is -1.05. The summed E-state index contributed by atoms with van der Waals surface area (Å²) in [7, 11) is 0. The molecule has 1 heterocycles. The summed E-state index contributed by atoms with van der Waals surface area (Å²) >= 11 is 0. The van der Waals surface area contributed by atoms with E-state index in [9.17, 15) is 0 Å². The Morgan fingerprint density at radius 2 is 2.27 bits per heavy atom. The normalized spacial score (nSPS) is 9.64. The summed E-state index contributed by atoms with van der Waals surface area (Å²) < 4.78 is 0. The Morgan fingerprint density at radius 3 is 2.82 bits per heavy atom. The highest BCUT2D eigenvalue weighted by Gasteiger charge is 1.88. The number of hydrogen-bond donors (Lipinski definition) is 1. The molecule has 0 unspecified atom stereocenters. The van der Waals surface area contributed by atoms with Gasteiger partial charge < -0.3 is 5.32 Å². The first-order valence-corrected chi connectivity index (χ1v) is 3.99. The van der Waals surface area contributed by atoms with Crippen LogP contribution in [0.25, 0.3) is 0 Å². The maximum absolute atomic E-state index is 4.17. The standard InChI is InChI=1S/C9H14N2/c1-3-6-10-9-5-4-8(2)11-7-9/h4-5,7,10H,3,6H2,1-2H3. The van der Waals surface area contributed by atoms with Crippen LogP contribution in [0.15, 0.2) is 18.3 Å². The van der Waals surface area contributed by atoms with Crippen molar-refractivity contribution in [2.24, 2.45) is 0 Å². The molecule has 1 aromatic heterocycles. The van der Waals surface area contributed by atoms with Crippen molar-refractivity contribution in [3.8, 4) is 0 Å². The smallest absolute Gasteiger partial charge is 0.0526 e. The number of anilines is 1. The van der Waals surface area contributed by atoms with Crippen molar-refractivity contribution in [1.29, 1.82) is 0 Å². The van der Waals surface area contributed by atoms with Crippen molar-refractivity contribution in [3.05, 3.63) is 24.0 Å². The third-order valence-electron chi connectivity index (χ3n) is 1.49. The SMILES string of the molecule is CCCNc1ccc(C)nc1. The number of aromatic nitrogens is 1. The molecular weight excluding hydrogens is 136 g/mol. The predicted molar refractivity (Wildman–Crippen MR) is 47.8 cm³/mol. The van der Waals surface area contributed by atoms with Crippen LogP contribution >= 0.6 is 0 Å². The summed E-state index contributed by atoms with van der Waals surface area (Å²) in [5, 5.41) is 3.26. The van der Waals surface area contributed by atoms with Gasteiger partial charge in [-0.05, 0) is 25.5 Å². The van der Waals surface area contributed by atoms with Crippen LogP contribution in [0.1, 0.15) is 19.0 Å². The first kappa shape index (κ1) is 8.05. The van der Waals surface area contributed by atoms with Crippen LogP contribution in [-0.2, 0) is 0 Å². The molecule has 0 spiro atoms. The summed E-state index contributed by atoms with van der Waals surface area (Å²) in [6, 6.07) is 4.07. The molecule has 0 saturated carbocycles. The Balaban J connectivity index is 2.52. The van der Waals surface area contributed by atoms with E-state index >= 15 is 0 Å². The highest BCUT2D eigenvalue weighted by atomic mass is 14.9. The van der Waals surface area contributed by atoms with Crippen molar-refractivity contribution in [1.82, 2.24) is 4.98 Å². The maximum atomic E-state index is 4.17. The van der Waals surface area contributed by atoms with Gasteiger partial charge in [0, 0.05) is 12.2 Å². The summed E-state index contributed by atoms with van der Waals surface area (Å²) in [6.45, 7) is 5.16. The predicted octanol–water partition coefficient (Wildman–Crippen LogP) is 2.21. The van der Waals surface area contributed by atoms with E-state index < -0.39 is 0 Å². The first-order valence-electron chi connectivity index (χ1n) is 3.99. The van der Waals surface area contributed by atoms with Gasteiger partial charge in [-0.1, -0.05) is 6.92 Å². The third-order valence-corrected chi connectivity index (χ3v) is 1.49. The van der Waals surface area contributed by atoms with Crippen molar-refractivity contribution in [3.63, 3.8) is 0 Å². The molecule has 0 atom stereocenters. The molecule has 0 bridgehead atoms. The molecule has 0 aromatic carbocycles. The van der Waals surface area contributed by atoms with Crippen molar-refractivity contribution >= 4 is 5.69 Å². The first-order chi connectivity index (χ1) is 5.33. The van der Waals surface area contributed by atoms with Gasteiger partial charge in [-0.3, -0.25) is 4.98 Å². The molecular formula is C9H14N2. The van der Waals surface area contributed by atoms with Crippen LogP contribution in [-0.4, -0.2) is 11.5 Å². The van der Waals surface area contributed by atoms with Crippen LogP contribution in [0.4, 0.5) is 5.69 Å². The fourth-order valence-corrected chi connectivity index (χ4v) is 0.842. The number of hydrogen-bond acceptors (Lipinski definition) is 2. The summed E-state index contributed by atoms with van der Waals surface area (Å²) in [5.74, 6) is 0. The third kappa shape index (κ3) is 2.58. The molecule has 0 aliphatic carbocycles. The molecule has 1 aromatic rings. The Kier molecular flexibility index (Phi) is 2.90. The molecule has 1 N–H and O–H groups in total. The lowest BCUT2D eigenvalue weighted by molar-refractivity contribution is 0.976. The maximum Gasteiger partial charge on any atom is 0.0526 e. The topological polar surface area (TPSA) is 24.9 Å². The van der Waals surface area contributed by atoms with Gasteiger partial charge in [0.15, 0.2) is 0 Å². The average molecular weight is 150 g/mol. The molecule has 0 aliphatic rings. The van der Waals surface area contributed by atoms with E-state index in [-0.39, 0.29) is 0 Å². The number of rotatable bonds is 3. The van der Waals surface area contributed by atoms with E-state index in [4.69, 9.17) is 0 Å². The van der Waals surface area contributed by atoms with E-state index in [0.29, 0.717) is 0 Å². The Bertz CT molecular complexity index is 203. The lowest BCUT2D eigenvalue weighted by atomic mass is 10.3. The van der Waals surface area contributed by atoms with Crippen LogP contribution in [0.2, 0.25) is 0 Å². The zero-order chi connectivity index (χ0) is 8.10. The van der Waals surface area contributed by atoms with Crippen LogP contribution in [0.5, 0.6) is 0 Å². The fraction of sp³-hybridized carbons (Fsp3) is 0.444. The minimum atomic E-state index is 1.02. The van der Waals surface area contributed by atoms with E-state index in [1.165, 1.54) is 0 Å². The van der Waals surface area contributed by atoms with Crippen LogP contribution in [0.3, 0.4) is 0 Å². The lowest BCUT2D eigenvalue weighted by Gasteiger charge is -2.02. The molecule has 1 rings (SSSR count). The quantitative estimate of drug-likeness (QED) is 0.714. The minimum Gasteiger partial charge on any atom is -0.384 e. The summed E-state index contributed by atoms with van der Waals surface area (Å²) in [4.78, 5) is 4.17. The number of pyridine rings is 1. The van der Waals surface area contributed by atoms with Crippen molar-refractivity contribution in [2.45, 2.75) is 20.3 Å². The largest absolute Gasteiger partial charge is 0.384 e. The van der Waals surface area contributed by atoms with Gasteiger partial charge in [-0.15, -0.1) is 0 Å². The zero-order valence-corrected chi connectivity index (χ0v) is 7.09. The lowest BCUT2D eigenvalue weighted by Crippen LogP contribution is -1.99. The van der Waals surface area contributed by atoms with E-state index in [0.717, 1.165) is 24.3 Å². The van der Waals surface area contributed by atoms with E-state index in [1.807, 2.05) is 19.2 Å². The molecule has 0 amide bonds. The van der Waals surface area contributed by atoms with E-state index in [2.05, 4.69) is 23.3 Å². The number of aryl methyl sites for hydroxylation is 1. The highest BCUT2D eigenvalue weighted by Crippen LogP contribution is 2.04. The summed E-state index contributed by atoms with van der Waals surface area (Å²) in [5.41, 5.74) is 2.17. The average Bonchev–Trinajstić information content (AvgIpc) is 2.04. The zero-order valence-electron chi connectivity index (χ0n) is 7.09. The Labute approximate surface area is 67.7 Å². The molecule has 2 nitrogen and oxygen atoms in total. The number of nitrogens with zero attached hydrogens (tertiary/aromatic N) is 1. The molecule has 0 aliphatic heterocycles. The minimum absolute atomic E-state index is 1.02. The van der Waals surface area contributed by atoms with Gasteiger partial charge in [0.05, 0.1) is 11.9 Å². The van der Waals surface area contributed by atoms with Crippen LogP contribution < -0.4 is 5.32 Å². The van der Waals surface area contributed by atoms with Crippen molar-refractivity contribution < 1.29 is 0 Å². The van der Waals surface area contributed by atoms with Gasteiger partial charge in [-0.25, -0.2) is 0 Å². The second-order valence-corrected chi connectivity index (χ2v) is 2.62. The summed E-state index contributed by atoms with van der Waals surface area (Å²) in [6.07, 6.45) is 3.01. The monoisotopic (exact) mass is 150 g/mol. The van der Waals surface area contributed by atoms with Crippen molar-refractivity contribution in [2.75, 3.05) is 11.9 Å². The van der Waals surface area contributed by atoms with E-state index in [1.54, 1.807) is 0 Å².